The number of nitrogens with one attached hydrogen (secondary N) is 1. The third kappa shape index (κ3) is 4.39. The van der Waals surface area contributed by atoms with E-state index in [0.29, 0.717) is 23.7 Å². The van der Waals surface area contributed by atoms with Gasteiger partial charge in [0.15, 0.2) is 23.1 Å². The highest BCUT2D eigenvalue weighted by Crippen LogP contribution is 2.36. The van der Waals surface area contributed by atoms with Crippen LogP contribution in [0.25, 0.3) is 0 Å². The topological polar surface area (TPSA) is 47.6 Å². The van der Waals surface area contributed by atoms with Crippen molar-refractivity contribution in [1.82, 2.24) is 5.32 Å². The molecule has 0 aliphatic rings. The largest absolute Gasteiger partial charge is 0.493 e. The van der Waals surface area contributed by atoms with Crippen molar-refractivity contribution in [1.29, 1.82) is 0 Å². The number of hydrogen-bond acceptors (Lipinski definition) is 3. The Bertz CT molecular complexity index is 783. The van der Waals surface area contributed by atoms with E-state index < -0.39 is 23.6 Å². The normalized spacial score (nSPS) is 11.8. The molecule has 0 bridgehead atoms. The third-order valence-corrected chi connectivity index (χ3v) is 3.85. The van der Waals surface area contributed by atoms with Gasteiger partial charge in [0.1, 0.15) is 0 Å². The zero-order chi connectivity index (χ0) is 18.6. The fourth-order valence-corrected chi connectivity index (χ4v) is 2.55. The second-order valence-electron chi connectivity index (χ2n) is 5.29. The summed E-state index contributed by atoms with van der Waals surface area (Å²) < 4.78 is 37.0. The van der Waals surface area contributed by atoms with Crippen LogP contribution in [0.5, 0.6) is 11.5 Å². The Morgan fingerprint density at radius 3 is 2.56 bits per heavy atom. The molecule has 25 heavy (non-hydrogen) atoms. The molecule has 0 aliphatic carbocycles. The van der Waals surface area contributed by atoms with Gasteiger partial charge in [0.2, 0.25) is 0 Å². The van der Waals surface area contributed by atoms with Crippen molar-refractivity contribution in [3.63, 3.8) is 0 Å². The predicted octanol–water partition coefficient (Wildman–Crippen LogP) is 4.52. The molecular formula is C18H18ClF2NO3. The first kappa shape index (κ1) is 19.0. The van der Waals surface area contributed by atoms with Gasteiger partial charge in [0.05, 0.1) is 24.8 Å². The molecule has 0 radical (unpaired) electrons. The summed E-state index contributed by atoms with van der Waals surface area (Å²) in [5.74, 6) is -1.65. The zero-order valence-electron chi connectivity index (χ0n) is 14.0. The van der Waals surface area contributed by atoms with Gasteiger partial charge in [-0.05, 0) is 43.7 Å². The van der Waals surface area contributed by atoms with E-state index in [4.69, 9.17) is 21.1 Å². The minimum Gasteiger partial charge on any atom is -0.493 e. The van der Waals surface area contributed by atoms with E-state index in [-0.39, 0.29) is 10.6 Å². The monoisotopic (exact) mass is 369 g/mol. The van der Waals surface area contributed by atoms with E-state index >= 15 is 0 Å². The van der Waals surface area contributed by atoms with Gasteiger partial charge in [-0.2, -0.15) is 0 Å². The highest BCUT2D eigenvalue weighted by atomic mass is 35.5. The van der Waals surface area contributed by atoms with Crippen molar-refractivity contribution in [2.45, 2.75) is 19.9 Å². The molecule has 1 atom stereocenters. The molecule has 0 aromatic heterocycles. The van der Waals surface area contributed by atoms with Crippen LogP contribution >= 0.6 is 11.6 Å². The molecule has 4 nitrogen and oxygen atoms in total. The van der Waals surface area contributed by atoms with Crippen molar-refractivity contribution in [3.05, 3.63) is 58.1 Å². The summed E-state index contributed by atoms with van der Waals surface area (Å²) >= 11 is 6.15. The van der Waals surface area contributed by atoms with Crippen molar-refractivity contribution in [2.24, 2.45) is 0 Å². The lowest BCUT2D eigenvalue weighted by atomic mass is 10.1. The van der Waals surface area contributed by atoms with Crippen molar-refractivity contribution in [2.75, 3.05) is 13.7 Å². The molecule has 0 saturated heterocycles. The lowest BCUT2D eigenvalue weighted by Gasteiger charge is -2.16. The first-order valence-corrected chi connectivity index (χ1v) is 8.01. The van der Waals surface area contributed by atoms with Gasteiger partial charge in [-0.15, -0.1) is 0 Å². The lowest BCUT2D eigenvalue weighted by Crippen LogP contribution is -2.26. The summed E-state index contributed by atoms with van der Waals surface area (Å²) in [6.45, 7) is 3.87. The second-order valence-corrected chi connectivity index (χ2v) is 5.70. The molecule has 2 aromatic rings. The quantitative estimate of drug-likeness (QED) is 0.814. The Morgan fingerprint density at radius 2 is 1.96 bits per heavy atom. The van der Waals surface area contributed by atoms with Gasteiger partial charge in [-0.25, -0.2) is 8.78 Å². The second kappa shape index (κ2) is 8.16. The maximum atomic E-state index is 13.3. The molecule has 1 unspecified atom stereocenters. The Labute approximate surface area is 149 Å². The van der Waals surface area contributed by atoms with Crippen molar-refractivity contribution >= 4 is 17.5 Å². The van der Waals surface area contributed by atoms with Gasteiger partial charge in [0, 0.05) is 5.56 Å². The third-order valence-electron chi connectivity index (χ3n) is 3.57. The van der Waals surface area contributed by atoms with E-state index in [1.807, 2.05) is 0 Å². The summed E-state index contributed by atoms with van der Waals surface area (Å²) in [5.41, 5.74) is 0.705. The maximum Gasteiger partial charge on any atom is 0.251 e. The Hall–Kier alpha value is -2.34. The molecule has 2 aromatic carbocycles. The van der Waals surface area contributed by atoms with Gasteiger partial charge < -0.3 is 14.8 Å². The van der Waals surface area contributed by atoms with Crippen molar-refractivity contribution < 1.29 is 23.0 Å². The molecule has 1 N–H and O–H groups in total. The van der Waals surface area contributed by atoms with Gasteiger partial charge in [0.25, 0.3) is 5.91 Å². The summed E-state index contributed by atoms with van der Waals surface area (Å²) in [5, 5.41) is 2.95. The summed E-state index contributed by atoms with van der Waals surface area (Å²) in [7, 11) is 1.44. The average molecular weight is 370 g/mol. The Balaban J connectivity index is 2.22. The molecule has 0 heterocycles. The number of halogens is 3. The smallest absolute Gasteiger partial charge is 0.251 e. The molecule has 0 aliphatic heterocycles. The van der Waals surface area contributed by atoms with Crippen LogP contribution in [-0.4, -0.2) is 19.6 Å². The number of ether oxygens (including phenoxy) is 2. The first-order chi connectivity index (χ1) is 11.9. The van der Waals surface area contributed by atoms with Gasteiger partial charge >= 0.3 is 0 Å². The van der Waals surface area contributed by atoms with Crippen LogP contribution in [0, 0.1) is 11.6 Å². The Kier molecular flexibility index (Phi) is 6.20. The molecular weight excluding hydrogens is 352 g/mol. The van der Waals surface area contributed by atoms with E-state index in [2.05, 4.69) is 5.32 Å². The minimum absolute atomic E-state index is 0.242. The molecule has 1 amide bonds. The maximum absolute atomic E-state index is 13.3. The first-order valence-electron chi connectivity index (χ1n) is 7.63. The van der Waals surface area contributed by atoms with Crippen LogP contribution in [0.1, 0.15) is 35.8 Å². The number of benzene rings is 2. The van der Waals surface area contributed by atoms with Crippen LogP contribution in [0.15, 0.2) is 30.3 Å². The number of carbonyl (C=O) groups excluding carboxylic acids is 1. The standard InChI is InChI=1S/C18H18ClF2NO3/c1-4-25-17-13(19)7-12(9-16(17)24-3)18(23)22-10(2)11-5-6-14(20)15(21)8-11/h5-10H,4H2,1-3H3,(H,22,23). The van der Waals surface area contributed by atoms with Crippen molar-refractivity contribution in [3.8, 4) is 11.5 Å². The van der Waals surface area contributed by atoms with Crippen LogP contribution < -0.4 is 14.8 Å². The number of rotatable bonds is 6. The van der Waals surface area contributed by atoms with Gasteiger partial charge in [-0.3, -0.25) is 4.79 Å². The minimum atomic E-state index is -0.968. The Morgan fingerprint density at radius 1 is 1.24 bits per heavy atom. The van der Waals surface area contributed by atoms with Gasteiger partial charge in [-0.1, -0.05) is 17.7 Å². The highest BCUT2D eigenvalue weighted by Gasteiger charge is 2.18. The molecule has 7 heteroatoms. The zero-order valence-corrected chi connectivity index (χ0v) is 14.8. The summed E-state index contributed by atoms with van der Waals surface area (Å²) in [6, 6.07) is 5.91. The van der Waals surface area contributed by atoms with Crippen LogP contribution in [0.3, 0.4) is 0 Å². The number of methoxy groups -OCH3 is 1. The van der Waals surface area contributed by atoms with E-state index in [1.165, 1.54) is 25.3 Å². The number of hydrogen-bond donors (Lipinski definition) is 1. The summed E-state index contributed by atoms with van der Waals surface area (Å²) in [6.07, 6.45) is 0. The highest BCUT2D eigenvalue weighted by molar-refractivity contribution is 6.32. The molecule has 0 fully saturated rings. The fraction of sp³-hybridized carbons (Fsp3) is 0.278. The molecule has 134 valence electrons. The predicted molar refractivity (Wildman–Crippen MR) is 91.4 cm³/mol. The lowest BCUT2D eigenvalue weighted by molar-refractivity contribution is 0.0939. The molecule has 2 rings (SSSR count). The summed E-state index contributed by atoms with van der Waals surface area (Å²) in [4.78, 5) is 12.4. The van der Waals surface area contributed by atoms with Crippen LogP contribution in [0.4, 0.5) is 8.78 Å². The van der Waals surface area contributed by atoms with Crippen LogP contribution in [0.2, 0.25) is 5.02 Å². The van der Waals surface area contributed by atoms with Crippen LogP contribution in [-0.2, 0) is 0 Å². The van der Waals surface area contributed by atoms with E-state index in [9.17, 15) is 13.6 Å². The fourth-order valence-electron chi connectivity index (χ4n) is 2.28. The average Bonchev–Trinajstić information content (AvgIpc) is 2.58. The molecule has 0 saturated carbocycles. The SMILES string of the molecule is CCOc1c(Cl)cc(C(=O)NC(C)c2ccc(F)c(F)c2)cc1OC. The molecule has 0 spiro atoms. The van der Waals surface area contributed by atoms with E-state index in [1.54, 1.807) is 13.8 Å². The number of carbonyl (C=O) groups is 1. The van der Waals surface area contributed by atoms with E-state index in [0.717, 1.165) is 12.1 Å². The number of amides is 1.